The van der Waals surface area contributed by atoms with Gasteiger partial charge in [0.25, 0.3) is 11.6 Å². The Labute approximate surface area is 194 Å². The van der Waals surface area contributed by atoms with Crippen LogP contribution in [0, 0.1) is 17.0 Å². The van der Waals surface area contributed by atoms with Crippen LogP contribution in [0.5, 0.6) is 0 Å². The minimum Gasteiger partial charge on any atom is -0.286 e. The van der Waals surface area contributed by atoms with Crippen LogP contribution < -0.4 is 0 Å². The molecule has 0 N–H and O–H groups in total. The normalized spacial score (nSPS) is 17.0. The maximum absolute atomic E-state index is 13.3. The standard InChI is InChI=1S/C24H21N3O3S2/c1-16-7-6-8-19(13-16)25-24-26(15-17(2)31-24)23(28)18-11-12-22(21(14-18)27(29)30)32-20-9-4-3-5-10-20/h3-14,17H,15H2,1-2H3/t17-/m1/s1. The van der Waals surface area contributed by atoms with Crippen LogP contribution in [0.2, 0.25) is 0 Å². The number of carbonyl (C=O) groups excluding carboxylic acids is 1. The third kappa shape index (κ3) is 5.03. The number of aryl methyl sites for hydroxylation is 1. The third-order valence-electron chi connectivity index (χ3n) is 4.82. The molecular formula is C24H21N3O3S2. The molecule has 1 fully saturated rings. The van der Waals surface area contributed by atoms with Gasteiger partial charge >= 0.3 is 0 Å². The first kappa shape index (κ1) is 22.1. The topological polar surface area (TPSA) is 75.8 Å². The van der Waals surface area contributed by atoms with Crippen molar-refractivity contribution in [2.24, 2.45) is 4.99 Å². The van der Waals surface area contributed by atoms with Gasteiger partial charge < -0.3 is 0 Å². The predicted octanol–water partition coefficient (Wildman–Crippen LogP) is 6.32. The third-order valence-corrected chi connectivity index (χ3v) is 6.97. The van der Waals surface area contributed by atoms with Gasteiger partial charge in [0.1, 0.15) is 0 Å². The summed E-state index contributed by atoms with van der Waals surface area (Å²) in [5.74, 6) is -0.285. The van der Waals surface area contributed by atoms with Gasteiger partial charge in [-0.2, -0.15) is 0 Å². The Morgan fingerprint density at radius 1 is 1.12 bits per heavy atom. The fourth-order valence-corrected chi connectivity index (χ4v) is 5.28. The lowest BCUT2D eigenvalue weighted by Crippen LogP contribution is -2.32. The number of nitro benzene ring substituents is 1. The highest BCUT2D eigenvalue weighted by Crippen LogP contribution is 2.36. The molecule has 3 aromatic carbocycles. The maximum atomic E-state index is 13.3. The van der Waals surface area contributed by atoms with Crippen molar-refractivity contribution in [1.82, 2.24) is 4.90 Å². The number of amidine groups is 1. The number of nitro groups is 1. The highest BCUT2D eigenvalue weighted by Gasteiger charge is 2.32. The summed E-state index contributed by atoms with van der Waals surface area (Å²) in [7, 11) is 0. The molecule has 162 valence electrons. The van der Waals surface area contributed by atoms with Crippen LogP contribution in [0.4, 0.5) is 11.4 Å². The number of carbonyl (C=O) groups is 1. The van der Waals surface area contributed by atoms with Crippen molar-refractivity contribution in [2.45, 2.75) is 28.9 Å². The lowest BCUT2D eigenvalue weighted by molar-refractivity contribution is -0.387. The molecular weight excluding hydrogens is 442 g/mol. The van der Waals surface area contributed by atoms with E-state index in [0.717, 1.165) is 16.1 Å². The van der Waals surface area contributed by atoms with Crippen molar-refractivity contribution in [1.29, 1.82) is 0 Å². The van der Waals surface area contributed by atoms with E-state index in [1.807, 2.05) is 68.4 Å². The first-order chi connectivity index (χ1) is 15.4. The van der Waals surface area contributed by atoms with Crippen LogP contribution in [0.25, 0.3) is 0 Å². The average molecular weight is 464 g/mol. The zero-order chi connectivity index (χ0) is 22.7. The SMILES string of the molecule is Cc1cccc(N=C2S[C@H](C)CN2C(=O)c2ccc(Sc3ccccc3)c([N+](=O)[O-])c2)c1. The fourth-order valence-electron chi connectivity index (χ4n) is 3.33. The Morgan fingerprint density at radius 2 is 1.91 bits per heavy atom. The molecule has 1 amide bonds. The Bertz CT molecular complexity index is 1200. The molecule has 1 aliphatic rings. The van der Waals surface area contributed by atoms with Crippen LogP contribution >= 0.6 is 23.5 Å². The summed E-state index contributed by atoms with van der Waals surface area (Å²) in [5.41, 5.74) is 2.06. The van der Waals surface area contributed by atoms with E-state index >= 15 is 0 Å². The van der Waals surface area contributed by atoms with Crippen LogP contribution in [0.15, 0.2) is 87.6 Å². The molecule has 6 nitrogen and oxygen atoms in total. The van der Waals surface area contributed by atoms with Crippen molar-refractivity contribution < 1.29 is 9.72 Å². The zero-order valence-corrected chi connectivity index (χ0v) is 19.2. The molecule has 0 aromatic heterocycles. The molecule has 3 aromatic rings. The van der Waals surface area contributed by atoms with E-state index < -0.39 is 4.92 Å². The van der Waals surface area contributed by atoms with Crippen molar-refractivity contribution in [3.05, 3.63) is 94.0 Å². The number of benzene rings is 3. The summed E-state index contributed by atoms with van der Waals surface area (Å²) in [5, 5.41) is 12.5. The second-order valence-corrected chi connectivity index (χ2v) is 9.95. The molecule has 0 saturated carbocycles. The first-order valence-corrected chi connectivity index (χ1v) is 11.8. The minimum absolute atomic E-state index is 0.0817. The lowest BCUT2D eigenvalue weighted by atomic mass is 10.1. The summed E-state index contributed by atoms with van der Waals surface area (Å²) < 4.78 is 0. The van der Waals surface area contributed by atoms with Crippen LogP contribution in [-0.4, -0.2) is 32.7 Å². The molecule has 0 spiro atoms. The van der Waals surface area contributed by atoms with Gasteiger partial charge in [-0.1, -0.05) is 60.8 Å². The average Bonchev–Trinajstić information content (AvgIpc) is 3.14. The molecule has 0 radical (unpaired) electrons. The Kier molecular flexibility index (Phi) is 6.62. The molecule has 8 heteroatoms. The first-order valence-electron chi connectivity index (χ1n) is 10.1. The van der Waals surface area contributed by atoms with Crippen molar-refractivity contribution in [2.75, 3.05) is 6.54 Å². The quantitative estimate of drug-likeness (QED) is 0.327. The van der Waals surface area contributed by atoms with E-state index in [1.54, 1.807) is 17.0 Å². The lowest BCUT2D eigenvalue weighted by Gasteiger charge is -2.16. The van der Waals surface area contributed by atoms with Gasteiger partial charge in [0.15, 0.2) is 5.17 Å². The largest absolute Gasteiger partial charge is 0.286 e. The smallest absolute Gasteiger partial charge is 0.284 e. The Morgan fingerprint density at radius 3 is 2.62 bits per heavy atom. The molecule has 0 bridgehead atoms. The number of hydrogen-bond acceptors (Lipinski definition) is 6. The molecule has 0 aliphatic carbocycles. The van der Waals surface area contributed by atoms with Crippen LogP contribution in [0.3, 0.4) is 0 Å². The Hall–Kier alpha value is -3.10. The number of rotatable bonds is 5. The number of hydrogen-bond donors (Lipinski definition) is 0. The van der Waals surface area contributed by atoms with Gasteiger partial charge in [-0.05, 0) is 48.9 Å². The Balaban J connectivity index is 1.64. The van der Waals surface area contributed by atoms with E-state index in [2.05, 4.69) is 4.99 Å². The predicted molar refractivity (Wildman–Crippen MR) is 130 cm³/mol. The maximum Gasteiger partial charge on any atom is 0.284 e. The molecule has 0 unspecified atom stereocenters. The zero-order valence-electron chi connectivity index (χ0n) is 17.6. The molecule has 1 aliphatic heterocycles. The number of aliphatic imine (C=N–C) groups is 1. The number of nitrogens with zero attached hydrogens (tertiary/aromatic N) is 3. The highest BCUT2D eigenvalue weighted by atomic mass is 32.2. The molecule has 32 heavy (non-hydrogen) atoms. The van der Waals surface area contributed by atoms with Crippen LogP contribution in [0.1, 0.15) is 22.8 Å². The number of amides is 1. The van der Waals surface area contributed by atoms with Gasteiger partial charge in [0.2, 0.25) is 0 Å². The fraction of sp³-hybridized carbons (Fsp3) is 0.167. The van der Waals surface area contributed by atoms with Gasteiger partial charge in [-0.15, -0.1) is 0 Å². The summed E-state index contributed by atoms with van der Waals surface area (Å²) in [6, 6.07) is 21.9. The van der Waals surface area contributed by atoms with Crippen LogP contribution in [-0.2, 0) is 0 Å². The highest BCUT2D eigenvalue weighted by molar-refractivity contribution is 8.14. The van der Waals surface area contributed by atoms with Gasteiger partial charge in [0.05, 0.1) is 15.5 Å². The summed E-state index contributed by atoms with van der Waals surface area (Å²) in [6.07, 6.45) is 0. The molecule has 1 heterocycles. The monoisotopic (exact) mass is 463 g/mol. The van der Waals surface area contributed by atoms with E-state index in [-0.39, 0.29) is 22.4 Å². The summed E-state index contributed by atoms with van der Waals surface area (Å²) in [4.78, 5) is 32.3. The summed E-state index contributed by atoms with van der Waals surface area (Å²) in [6.45, 7) is 4.53. The van der Waals surface area contributed by atoms with E-state index in [0.29, 0.717) is 16.6 Å². The van der Waals surface area contributed by atoms with Gasteiger partial charge in [-0.3, -0.25) is 19.8 Å². The van der Waals surface area contributed by atoms with E-state index in [9.17, 15) is 14.9 Å². The van der Waals surface area contributed by atoms with Crippen molar-refractivity contribution in [3.8, 4) is 0 Å². The number of thioether (sulfide) groups is 1. The minimum atomic E-state index is -0.439. The summed E-state index contributed by atoms with van der Waals surface area (Å²) >= 11 is 2.83. The molecule has 1 atom stereocenters. The van der Waals surface area contributed by atoms with Crippen molar-refractivity contribution >= 4 is 46.0 Å². The second kappa shape index (κ2) is 9.58. The van der Waals surface area contributed by atoms with E-state index in [1.165, 1.54) is 29.6 Å². The molecule has 1 saturated heterocycles. The van der Waals surface area contributed by atoms with Gasteiger partial charge in [0, 0.05) is 28.3 Å². The second-order valence-electron chi connectivity index (χ2n) is 7.43. The molecule has 4 rings (SSSR count). The van der Waals surface area contributed by atoms with E-state index in [4.69, 9.17) is 0 Å². The van der Waals surface area contributed by atoms with Gasteiger partial charge in [-0.25, -0.2) is 4.99 Å². The van der Waals surface area contributed by atoms with Crippen molar-refractivity contribution in [3.63, 3.8) is 0 Å².